The highest BCUT2D eigenvalue weighted by atomic mass is 19.4. The maximum absolute atomic E-state index is 12.9. The number of H-pyrrole nitrogens is 1. The number of aromatic nitrogens is 1. The minimum absolute atomic E-state index is 0.0615. The largest absolute Gasteiger partial charge is 0.508 e. The van der Waals surface area contributed by atoms with Gasteiger partial charge in [0.2, 0.25) is 0 Å². The topological polar surface area (TPSA) is 48.0 Å². The lowest BCUT2D eigenvalue weighted by Crippen LogP contribution is -2.39. The summed E-state index contributed by atoms with van der Waals surface area (Å²) in [6, 6.07) is 2.90. The van der Waals surface area contributed by atoms with Crippen LogP contribution >= 0.6 is 0 Å². The lowest BCUT2D eigenvalue weighted by atomic mass is 9.99. The Morgan fingerprint density at radius 3 is 2.78 bits per heavy atom. The molecule has 1 unspecified atom stereocenters. The Bertz CT molecular complexity index is 603. The van der Waals surface area contributed by atoms with Gasteiger partial charge in [0.05, 0.1) is 0 Å². The van der Waals surface area contributed by atoms with Gasteiger partial charge in [-0.1, -0.05) is 0 Å². The molecule has 1 aromatic carbocycles. The summed E-state index contributed by atoms with van der Waals surface area (Å²) in [5, 5.41) is 12.6. The number of fused-ring (bicyclic) bond motifs is 3. The molecular weight excluding hydrogens is 245 g/mol. The molecule has 1 aliphatic rings. The molecule has 1 atom stereocenters. The zero-order valence-electron chi connectivity index (χ0n) is 9.30. The number of halogens is 3. The van der Waals surface area contributed by atoms with Gasteiger partial charge >= 0.3 is 6.18 Å². The molecule has 1 aliphatic heterocycles. The van der Waals surface area contributed by atoms with Gasteiger partial charge in [-0.3, -0.25) is 0 Å². The maximum Gasteiger partial charge on any atom is 0.409 e. The summed E-state index contributed by atoms with van der Waals surface area (Å²) >= 11 is 0. The molecule has 2 heterocycles. The van der Waals surface area contributed by atoms with Gasteiger partial charge in [0, 0.05) is 23.1 Å². The Morgan fingerprint density at radius 2 is 2.06 bits per heavy atom. The van der Waals surface area contributed by atoms with Gasteiger partial charge in [-0.25, -0.2) is 0 Å². The van der Waals surface area contributed by atoms with E-state index < -0.39 is 12.2 Å². The van der Waals surface area contributed by atoms with Crippen molar-refractivity contribution in [2.45, 2.75) is 18.6 Å². The van der Waals surface area contributed by atoms with E-state index in [1.807, 2.05) is 0 Å². The Morgan fingerprint density at radius 1 is 1.28 bits per heavy atom. The van der Waals surface area contributed by atoms with Crippen LogP contribution in [0.2, 0.25) is 0 Å². The van der Waals surface area contributed by atoms with Gasteiger partial charge < -0.3 is 15.4 Å². The zero-order valence-corrected chi connectivity index (χ0v) is 9.30. The smallest absolute Gasteiger partial charge is 0.409 e. The molecule has 0 saturated carbocycles. The Labute approximate surface area is 101 Å². The second kappa shape index (κ2) is 3.65. The third-order valence-corrected chi connectivity index (χ3v) is 3.26. The molecule has 0 spiro atoms. The highest BCUT2D eigenvalue weighted by Gasteiger charge is 2.44. The van der Waals surface area contributed by atoms with Crippen LogP contribution in [0.5, 0.6) is 5.75 Å². The minimum atomic E-state index is -4.32. The predicted molar refractivity (Wildman–Crippen MR) is 60.5 cm³/mol. The molecule has 2 aromatic rings. The van der Waals surface area contributed by atoms with Gasteiger partial charge in [-0.2, -0.15) is 13.2 Å². The minimum Gasteiger partial charge on any atom is -0.508 e. The van der Waals surface area contributed by atoms with Crippen molar-refractivity contribution in [2.75, 3.05) is 6.54 Å². The number of hydrogen-bond acceptors (Lipinski definition) is 2. The summed E-state index contributed by atoms with van der Waals surface area (Å²) in [5.74, 6) is 0.0615. The van der Waals surface area contributed by atoms with E-state index in [1.165, 1.54) is 12.1 Å². The maximum atomic E-state index is 12.9. The van der Waals surface area contributed by atoms with Crippen LogP contribution < -0.4 is 5.32 Å². The van der Waals surface area contributed by atoms with Crippen LogP contribution in [0.4, 0.5) is 13.2 Å². The second-order valence-corrected chi connectivity index (χ2v) is 4.43. The van der Waals surface area contributed by atoms with Crippen molar-refractivity contribution in [3.63, 3.8) is 0 Å². The number of aromatic amines is 1. The van der Waals surface area contributed by atoms with E-state index in [2.05, 4.69) is 10.3 Å². The Kier molecular flexibility index (Phi) is 2.31. The van der Waals surface area contributed by atoms with Crippen LogP contribution in [-0.2, 0) is 6.42 Å². The van der Waals surface area contributed by atoms with Crippen LogP contribution in [0.15, 0.2) is 18.2 Å². The highest BCUT2D eigenvalue weighted by Crippen LogP contribution is 2.39. The van der Waals surface area contributed by atoms with E-state index in [0.29, 0.717) is 22.9 Å². The van der Waals surface area contributed by atoms with Gasteiger partial charge in [0.1, 0.15) is 11.8 Å². The molecule has 3 N–H and O–H groups in total. The first-order valence-electron chi connectivity index (χ1n) is 5.60. The standard InChI is InChI=1S/C12H11F3N2O/c13-12(14,15)11-10-7(3-4-16-11)8-5-6(18)1-2-9(8)17-10/h1-2,5,11,16-18H,3-4H2. The summed E-state index contributed by atoms with van der Waals surface area (Å²) in [6.07, 6.45) is -3.80. The highest BCUT2D eigenvalue weighted by molar-refractivity contribution is 5.86. The molecule has 0 fully saturated rings. The number of nitrogens with one attached hydrogen (secondary N) is 2. The summed E-state index contributed by atoms with van der Waals surface area (Å²) in [5.41, 5.74) is 1.42. The van der Waals surface area contributed by atoms with E-state index >= 15 is 0 Å². The van der Waals surface area contributed by atoms with E-state index in [-0.39, 0.29) is 18.0 Å². The second-order valence-electron chi connectivity index (χ2n) is 4.43. The van der Waals surface area contributed by atoms with Crippen molar-refractivity contribution in [1.82, 2.24) is 10.3 Å². The van der Waals surface area contributed by atoms with E-state index in [9.17, 15) is 18.3 Å². The first kappa shape index (κ1) is 11.4. The van der Waals surface area contributed by atoms with Crippen LogP contribution in [0.25, 0.3) is 10.9 Å². The molecule has 18 heavy (non-hydrogen) atoms. The molecule has 1 aromatic heterocycles. The molecular formula is C12H11F3N2O. The number of aromatic hydroxyl groups is 1. The number of phenols is 1. The monoisotopic (exact) mass is 256 g/mol. The number of alkyl halides is 3. The normalized spacial score (nSPS) is 20.1. The summed E-state index contributed by atoms with van der Waals surface area (Å²) < 4.78 is 38.7. The molecule has 96 valence electrons. The Hall–Kier alpha value is -1.69. The fraction of sp³-hybridized carbons (Fsp3) is 0.333. The fourth-order valence-corrected chi connectivity index (χ4v) is 2.50. The quantitative estimate of drug-likeness (QED) is 0.678. The number of hydrogen-bond donors (Lipinski definition) is 3. The number of rotatable bonds is 0. The van der Waals surface area contributed by atoms with E-state index in [4.69, 9.17) is 0 Å². The molecule has 6 heteroatoms. The third-order valence-electron chi connectivity index (χ3n) is 3.26. The third kappa shape index (κ3) is 1.64. The molecule has 0 aliphatic carbocycles. The van der Waals surface area contributed by atoms with Crippen LogP contribution in [0.3, 0.4) is 0 Å². The van der Waals surface area contributed by atoms with Gasteiger partial charge in [0.25, 0.3) is 0 Å². The van der Waals surface area contributed by atoms with Crippen molar-refractivity contribution in [3.05, 3.63) is 29.5 Å². The lowest BCUT2D eigenvalue weighted by molar-refractivity contribution is -0.159. The van der Waals surface area contributed by atoms with Crippen molar-refractivity contribution in [1.29, 1.82) is 0 Å². The number of phenolic OH excluding ortho intramolecular Hbond substituents is 1. The molecule has 3 nitrogen and oxygen atoms in total. The zero-order chi connectivity index (χ0) is 12.9. The van der Waals surface area contributed by atoms with Gasteiger partial charge in [-0.15, -0.1) is 0 Å². The van der Waals surface area contributed by atoms with Crippen molar-refractivity contribution >= 4 is 10.9 Å². The average molecular weight is 256 g/mol. The van der Waals surface area contributed by atoms with Crippen LogP contribution in [-0.4, -0.2) is 22.8 Å². The van der Waals surface area contributed by atoms with Gasteiger partial charge in [0.15, 0.2) is 0 Å². The SMILES string of the molecule is Oc1ccc2[nH]c3c(c2c1)CCNC3C(F)(F)F. The molecule has 0 radical (unpaired) electrons. The van der Waals surface area contributed by atoms with Gasteiger partial charge in [-0.05, 0) is 30.2 Å². The molecule has 3 rings (SSSR count). The van der Waals surface area contributed by atoms with E-state index in [0.717, 1.165) is 0 Å². The number of benzene rings is 1. The summed E-state index contributed by atoms with van der Waals surface area (Å²) in [4.78, 5) is 2.81. The van der Waals surface area contributed by atoms with E-state index in [1.54, 1.807) is 6.07 Å². The van der Waals surface area contributed by atoms with Crippen molar-refractivity contribution in [2.24, 2.45) is 0 Å². The first-order chi connectivity index (χ1) is 8.47. The molecule has 0 bridgehead atoms. The predicted octanol–water partition coefficient (Wildman–Crippen LogP) is 2.62. The fourth-order valence-electron chi connectivity index (χ4n) is 2.50. The van der Waals surface area contributed by atoms with Crippen LogP contribution in [0, 0.1) is 0 Å². The first-order valence-corrected chi connectivity index (χ1v) is 5.60. The molecule has 0 amide bonds. The lowest BCUT2D eigenvalue weighted by Gasteiger charge is -2.26. The van der Waals surface area contributed by atoms with Crippen molar-refractivity contribution in [3.8, 4) is 5.75 Å². The summed E-state index contributed by atoms with van der Waals surface area (Å²) in [6.45, 7) is 0.278. The van der Waals surface area contributed by atoms with Crippen LogP contribution in [0.1, 0.15) is 17.3 Å². The summed E-state index contributed by atoms with van der Waals surface area (Å²) in [7, 11) is 0. The molecule has 0 saturated heterocycles. The van der Waals surface area contributed by atoms with Crippen molar-refractivity contribution < 1.29 is 18.3 Å². The Balaban J connectivity index is 2.22. The average Bonchev–Trinajstić information content (AvgIpc) is 2.65.